The van der Waals surface area contributed by atoms with Gasteiger partial charge < -0.3 is 15.4 Å². The van der Waals surface area contributed by atoms with Crippen molar-refractivity contribution in [2.75, 3.05) is 32.1 Å². The number of methoxy groups -OCH3 is 1. The normalized spacial score (nSPS) is 10.5. The van der Waals surface area contributed by atoms with Gasteiger partial charge >= 0.3 is 0 Å². The summed E-state index contributed by atoms with van der Waals surface area (Å²) < 4.78 is 4.98. The van der Waals surface area contributed by atoms with Crippen molar-refractivity contribution in [3.05, 3.63) is 57.8 Å². The van der Waals surface area contributed by atoms with E-state index < -0.39 is 0 Å². The van der Waals surface area contributed by atoms with Crippen molar-refractivity contribution < 1.29 is 9.53 Å². The lowest BCUT2D eigenvalue weighted by atomic mass is 10.1. The summed E-state index contributed by atoms with van der Waals surface area (Å²) in [5, 5.41) is 7.19. The van der Waals surface area contributed by atoms with Gasteiger partial charge in [-0.25, -0.2) is 0 Å². The van der Waals surface area contributed by atoms with Gasteiger partial charge in [0, 0.05) is 42.1 Å². The van der Waals surface area contributed by atoms with Crippen molar-refractivity contribution >= 4 is 34.8 Å². The van der Waals surface area contributed by atoms with Crippen LogP contribution in [0.2, 0.25) is 10.0 Å². The van der Waals surface area contributed by atoms with Gasteiger partial charge in [0.15, 0.2) is 0 Å². The third kappa shape index (κ3) is 5.67. The molecule has 0 aliphatic carbocycles. The van der Waals surface area contributed by atoms with Gasteiger partial charge in [0.25, 0.3) is 5.91 Å². The lowest BCUT2D eigenvalue weighted by Gasteiger charge is -2.09. The SMILES string of the molecule is COCCNc1ccnc(C(=O)NCCc2ccc(Cl)cc2Cl)c1. The molecule has 0 atom stereocenters. The van der Waals surface area contributed by atoms with E-state index >= 15 is 0 Å². The Bertz CT molecular complexity index is 695. The first-order valence-corrected chi connectivity index (χ1v) is 8.26. The minimum Gasteiger partial charge on any atom is -0.383 e. The van der Waals surface area contributed by atoms with E-state index in [0.29, 0.717) is 41.9 Å². The Labute approximate surface area is 151 Å². The summed E-state index contributed by atoms with van der Waals surface area (Å²) in [4.78, 5) is 16.3. The van der Waals surface area contributed by atoms with Gasteiger partial charge in [0.1, 0.15) is 5.69 Å². The van der Waals surface area contributed by atoms with Crippen LogP contribution in [0.15, 0.2) is 36.5 Å². The van der Waals surface area contributed by atoms with E-state index in [-0.39, 0.29) is 5.91 Å². The summed E-state index contributed by atoms with van der Waals surface area (Å²) in [5.74, 6) is -0.226. The third-order valence-corrected chi connectivity index (χ3v) is 3.91. The van der Waals surface area contributed by atoms with Gasteiger partial charge in [-0.3, -0.25) is 9.78 Å². The molecular formula is C17H19Cl2N3O2. The Kier molecular flexibility index (Phi) is 7.31. The fourth-order valence-electron chi connectivity index (χ4n) is 2.09. The van der Waals surface area contributed by atoms with E-state index in [4.69, 9.17) is 27.9 Å². The number of amides is 1. The molecule has 5 nitrogen and oxygen atoms in total. The third-order valence-electron chi connectivity index (χ3n) is 3.32. The second-order valence-electron chi connectivity index (χ2n) is 5.09. The summed E-state index contributed by atoms with van der Waals surface area (Å²) in [6.07, 6.45) is 2.22. The second kappa shape index (κ2) is 9.47. The molecule has 0 radical (unpaired) electrons. The first-order valence-electron chi connectivity index (χ1n) is 7.51. The molecule has 0 spiro atoms. The summed E-state index contributed by atoms with van der Waals surface area (Å²) in [6, 6.07) is 8.84. The van der Waals surface area contributed by atoms with Crippen molar-refractivity contribution in [2.24, 2.45) is 0 Å². The average Bonchev–Trinajstić information content (AvgIpc) is 2.57. The number of benzene rings is 1. The monoisotopic (exact) mass is 367 g/mol. The molecule has 1 heterocycles. The molecule has 128 valence electrons. The molecule has 2 aromatic rings. The number of pyridine rings is 1. The first kappa shape index (κ1) is 18.5. The van der Waals surface area contributed by atoms with Crippen LogP contribution < -0.4 is 10.6 Å². The predicted octanol–water partition coefficient (Wildman–Crippen LogP) is 3.42. The number of rotatable bonds is 8. The Morgan fingerprint density at radius 1 is 1.21 bits per heavy atom. The quantitative estimate of drug-likeness (QED) is 0.701. The van der Waals surface area contributed by atoms with Gasteiger partial charge in [-0.05, 0) is 36.2 Å². The lowest BCUT2D eigenvalue weighted by Crippen LogP contribution is -2.26. The molecule has 0 unspecified atom stereocenters. The highest BCUT2D eigenvalue weighted by Gasteiger charge is 2.08. The van der Waals surface area contributed by atoms with Gasteiger partial charge in [-0.15, -0.1) is 0 Å². The molecule has 0 aliphatic rings. The fourth-order valence-corrected chi connectivity index (χ4v) is 2.59. The van der Waals surface area contributed by atoms with E-state index in [1.165, 1.54) is 0 Å². The molecular weight excluding hydrogens is 349 g/mol. The van der Waals surface area contributed by atoms with Crippen molar-refractivity contribution in [2.45, 2.75) is 6.42 Å². The van der Waals surface area contributed by atoms with E-state index in [1.54, 1.807) is 37.6 Å². The van der Waals surface area contributed by atoms with E-state index in [2.05, 4.69) is 15.6 Å². The zero-order valence-electron chi connectivity index (χ0n) is 13.3. The predicted molar refractivity (Wildman–Crippen MR) is 97.1 cm³/mol. The highest BCUT2D eigenvalue weighted by Crippen LogP contribution is 2.21. The summed E-state index contributed by atoms with van der Waals surface area (Å²) >= 11 is 12.0. The number of ether oxygens (including phenoxy) is 1. The molecule has 0 fully saturated rings. The smallest absolute Gasteiger partial charge is 0.269 e. The highest BCUT2D eigenvalue weighted by molar-refractivity contribution is 6.35. The van der Waals surface area contributed by atoms with E-state index in [0.717, 1.165) is 11.3 Å². The van der Waals surface area contributed by atoms with Crippen LogP contribution in [-0.2, 0) is 11.2 Å². The first-order chi connectivity index (χ1) is 11.6. The maximum absolute atomic E-state index is 12.2. The van der Waals surface area contributed by atoms with Crippen LogP contribution in [0.25, 0.3) is 0 Å². The number of carbonyl (C=O) groups excluding carboxylic acids is 1. The highest BCUT2D eigenvalue weighted by atomic mass is 35.5. The summed E-state index contributed by atoms with van der Waals surface area (Å²) in [7, 11) is 1.64. The number of hydrogen-bond donors (Lipinski definition) is 2. The van der Waals surface area contributed by atoms with Gasteiger partial charge in [-0.2, -0.15) is 0 Å². The molecule has 0 bridgehead atoms. The molecule has 2 N–H and O–H groups in total. The number of nitrogens with zero attached hydrogens (tertiary/aromatic N) is 1. The minimum atomic E-state index is -0.226. The molecule has 1 aromatic heterocycles. The number of halogens is 2. The Hall–Kier alpha value is -1.82. The van der Waals surface area contributed by atoms with E-state index in [1.807, 2.05) is 6.07 Å². The Balaban J connectivity index is 1.87. The van der Waals surface area contributed by atoms with Crippen LogP contribution in [-0.4, -0.2) is 37.7 Å². The van der Waals surface area contributed by atoms with Crippen LogP contribution >= 0.6 is 23.2 Å². The standard InChI is InChI=1S/C17H19Cl2N3O2/c1-24-9-8-20-14-5-7-21-16(11-14)17(23)22-6-4-12-2-3-13(18)10-15(12)19/h2-3,5,7,10-11H,4,6,8-9H2,1H3,(H,20,21)(H,22,23). The molecule has 2 rings (SSSR count). The van der Waals surface area contributed by atoms with Crippen molar-refractivity contribution in [1.82, 2.24) is 10.3 Å². The van der Waals surface area contributed by atoms with E-state index in [9.17, 15) is 4.79 Å². The number of hydrogen-bond acceptors (Lipinski definition) is 4. The van der Waals surface area contributed by atoms with Gasteiger partial charge in [0.05, 0.1) is 6.61 Å². The Morgan fingerprint density at radius 2 is 2.04 bits per heavy atom. The van der Waals surface area contributed by atoms with Crippen molar-refractivity contribution in [3.63, 3.8) is 0 Å². The van der Waals surface area contributed by atoms with Crippen LogP contribution in [0.4, 0.5) is 5.69 Å². The molecule has 1 aromatic carbocycles. The topological polar surface area (TPSA) is 63.2 Å². The molecule has 7 heteroatoms. The van der Waals surface area contributed by atoms with Crippen LogP contribution in [0, 0.1) is 0 Å². The van der Waals surface area contributed by atoms with Crippen LogP contribution in [0.1, 0.15) is 16.1 Å². The molecule has 0 aliphatic heterocycles. The minimum absolute atomic E-state index is 0.226. The number of nitrogens with one attached hydrogen (secondary N) is 2. The number of aromatic nitrogens is 1. The summed E-state index contributed by atoms with van der Waals surface area (Å²) in [6.45, 7) is 1.71. The zero-order chi connectivity index (χ0) is 17.4. The maximum Gasteiger partial charge on any atom is 0.269 e. The van der Waals surface area contributed by atoms with Crippen molar-refractivity contribution in [1.29, 1.82) is 0 Å². The largest absolute Gasteiger partial charge is 0.383 e. The average molecular weight is 368 g/mol. The molecule has 24 heavy (non-hydrogen) atoms. The number of anilines is 1. The molecule has 0 saturated carbocycles. The zero-order valence-corrected chi connectivity index (χ0v) is 14.8. The van der Waals surface area contributed by atoms with Gasteiger partial charge in [-0.1, -0.05) is 29.3 Å². The van der Waals surface area contributed by atoms with Gasteiger partial charge in [0.2, 0.25) is 0 Å². The fraction of sp³-hybridized carbons (Fsp3) is 0.294. The number of carbonyl (C=O) groups is 1. The van der Waals surface area contributed by atoms with Crippen LogP contribution in [0.5, 0.6) is 0 Å². The van der Waals surface area contributed by atoms with Crippen LogP contribution in [0.3, 0.4) is 0 Å². The second-order valence-corrected chi connectivity index (χ2v) is 5.93. The molecule has 0 saturated heterocycles. The lowest BCUT2D eigenvalue weighted by molar-refractivity contribution is 0.0949. The molecule has 1 amide bonds. The summed E-state index contributed by atoms with van der Waals surface area (Å²) in [5.41, 5.74) is 2.12. The Morgan fingerprint density at radius 3 is 2.79 bits per heavy atom. The maximum atomic E-state index is 12.2. The van der Waals surface area contributed by atoms with Crippen molar-refractivity contribution in [3.8, 4) is 0 Å².